The zero-order chi connectivity index (χ0) is 17.8. The first-order valence-corrected chi connectivity index (χ1v) is 8.01. The maximum atomic E-state index is 12.5. The first-order valence-electron chi connectivity index (χ1n) is 8.01. The lowest BCUT2D eigenvalue weighted by atomic mass is 9.96. The van der Waals surface area contributed by atoms with Gasteiger partial charge in [0.2, 0.25) is 12.7 Å². The number of hydrogen-bond acceptors (Lipinski definition) is 6. The molecule has 1 aromatic carbocycles. The largest absolute Gasteiger partial charge is 0.454 e. The molecule has 1 aromatic rings. The topological polar surface area (TPSA) is 123 Å². The van der Waals surface area contributed by atoms with Gasteiger partial charge in [0.25, 0.3) is 5.91 Å². The summed E-state index contributed by atoms with van der Waals surface area (Å²) >= 11 is 0. The van der Waals surface area contributed by atoms with E-state index in [1.54, 1.807) is 19.1 Å². The van der Waals surface area contributed by atoms with Crippen LogP contribution in [0.3, 0.4) is 0 Å². The minimum Gasteiger partial charge on any atom is -0.454 e. The summed E-state index contributed by atoms with van der Waals surface area (Å²) in [5.74, 6) is 0.232. The third-order valence-electron chi connectivity index (χ3n) is 4.82. The highest BCUT2D eigenvalue weighted by Crippen LogP contribution is 2.42. The molecule has 2 aliphatic heterocycles. The summed E-state index contributed by atoms with van der Waals surface area (Å²) in [4.78, 5) is 37.9. The number of anilines is 2. The van der Waals surface area contributed by atoms with Gasteiger partial charge in [0, 0.05) is 12.1 Å². The molecule has 9 nitrogen and oxygen atoms in total. The predicted octanol–water partition coefficient (Wildman–Crippen LogP) is 1.08. The van der Waals surface area contributed by atoms with Gasteiger partial charge in [-0.1, -0.05) is 0 Å². The van der Waals surface area contributed by atoms with Crippen molar-refractivity contribution in [3.8, 4) is 11.5 Å². The van der Waals surface area contributed by atoms with Gasteiger partial charge >= 0.3 is 6.03 Å². The minimum absolute atomic E-state index is 0. The quantitative estimate of drug-likeness (QED) is 0.529. The number of halogens is 1. The predicted molar refractivity (Wildman–Crippen MR) is 94.2 cm³/mol. The Bertz CT molecular complexity index is 797. The van der Waals surface area contributed by atoms with E-state index in [0.29, 0.717) is 22.9 Å². The van der Waals surface area contributed by atoms with Gasteiger partial charge in [0.15, 0.2) is 11.5 Å². The van der Waals surface area contributed by atoms with Crippen molar-refractivity contribution < 1.29 is 23.9 Å². The van der Waals surface area contributed by atoms with Gasteiger partial charge in [-0.3, -0.25) is 14.5 Å². The number of benzene rings is 1. The number of carbonyl (C=O) groups excluding carboxylic acids is 3. The van der Waals surface area contributed by atoms with Crippen molar-refractivity contribution >= 4 is 41.6 Å². The number of hydrogen-bond donors (Lipinski definition) is 3. The van der Waals surface area contributed by atoms with Crippen molar-refractivity contribution in [2.75, 3.05) is 24.4 Å². The molecule has 140 valence electrons. The van der Waals surface area contributed by atoms with Gasteiger partial charge in [-0.2, -0.15) is 0 Å². The fourth-order valence-electron chi connectivity index (χ4n) is 3.20. The maximum absolute atomic E-state index is 12.5. The number of nitrogens with two attached hydrogens (primary N) is 1. The van der Waals surface area contributed by atoms with E-state index in [0.717, 1.165) is 17.7 Å². The van der Waals surface area contributed by atoms with Crippen LogP contribution in [0.5, 0.6) is 11.5 Å². The Labute approximate surface area is 155 Å². The summed E-state index contributed by atoms with van der Waals surface area (Å²) in [7, 11) is 0. The van der Waals surface area contributed by atoms with Crippen LogP contribution in [0.2, 0.25) is 0 Å². The summed E-state index contributed by atoms with van der Waals surface area (Å²) in [6.07, 6.45) is 1.80. The molecule has 1 saturated carbocycles. The highest BCUT2D eigenvalue weighted by atomic mass is 35.5. The van der Waals surface area contributed by atoms with Gasteiger partial charge in [-0.05, 0) is 25.7 Å². The number of imide groups is 1. The Kier molecular flexibility index (Phi) is 4.35. The number of carbonyl (C=O) groups is 3. The van der Waals surface area contributed by atoms with E-state index in [1.165, 1.54) is 0 Å². The van der Waals surface area contributed by atoms with E-state index in [9.17, 15) is 14.4 Å². The Hall–Kier alpha value is -2.68. The van der Waals surface area contributed by atoms with Crippen molar-refractivity contribution in [1.82, 2.24) is 10.2 Å². The van der Waals surface area contributed by atoms with Gasteiger partial charge in [-0.15, -0.1) is 12.4 Å². The molecule has 10 heteroatoms. The van der Waals surface area contributed by atoms with Crippen LogP contribution < -0.4 is 25.8 Å². The van der Waals surface area contributed by atoms with Crippen molar-refractivity contribution in [2.45, 2.75) is 25.3 Å². The molecule has 4 N–H and O–H groups in total. The van der Waals surface area contributed by atoms with E-state index < -0.39 is 17.5 Å². The Morgan fingerprint density at radius 2 is 2.00 bits per heavy atom. The second-order valence-electron chi connectivity index (χ2n) is 6.64. The number of nitrogens with zero attached hydrogens (tertiary/aromatic N) is 1. The van der Waals surface area contributed by atoms with E-state index in [4.69, 9.17) is 15.2 Å². The van der Waals surface area contributed by atoms with Gasteiger partial charge < -0.3 is 25.8 Å². The van der Waals surface area contributed by atoms with E-state index in [-0.39, 0.29) is 37.6 Å². The number of amides is 4. The number of nitrogen functional groups attached to an aromatic ring is 1. The van der Waals surface area contributed by atoms with Crippen molar-refractivity contribution in [3.63, 3.8) is 0 Å². The van der Waals surface area contributed by atoms with E-state index >= 15 is 0 Å². The fourth-order valence-corrected chi connectivity index (χ4v) is 3.20. The number of nitrogens with one attached hydrogen (secondary N) is 2. The zero-order valence-corrected chi connectivity index (χ0v) is 14.9. The monoisotopic (exact) mass is 382 g/mol. The summed E-state index contributed by atoms with van der Waals surface area (Å²) in [6.45, 7) is 1.42. The Morgan fingerprint density at radius 3 is 2.65 bits per heavy atom. The Morgan fingerprint density at radius 1 is 1.35 bits per heavy atom. The Balaban J connectivity index is 0.00000196. The average Bonchev–Trinajstić information content (AvgIpc) is 3.29. The zero-order valence-electron chi connectivity index (χ0n) is 14.0. The van der Waals surface area contributed by atoms with Crippen molar-refractivity contribution in [2.24, 2.45) is 5.92 Å². The molecule has 0 radical (unpaired) electrons. The molecule has 1 unspecified atom stereocenters. The maximum Gasteiger partial charge on any atom is 0.325 e. The molecule has 0 spiro atoms. The molecule has 1 atom stereocenters. The van der Waals surface area contributed by atoms with Gasteiger partial charge in [0.1, 0.15) is 12.1 Å². The van der Waals surface area contributed by atoms with Crippen molar-refractivity contribution in [3.05, 3.63) is 12.1 Å². The first-order chi connectivity index (χ1) is 11.9. The first kappa shape index (κ1) is 18.1. The molecule has 4 rings (SSSR count). The normalized spacial score (nSPS) is 23.5. The lowest BCUT2D eigenvalue weighted by molar-refractivity contribution is -0.134. The summed E-state index contributed by atoms with van der Waals surface area (Å²) in [6, 6.07) is 2.55. The smallest absolute Gasteiger partial charge is 0.325 e. The third kappa shape index (κ3) is 2.88. The van der Waals surface area contributed by atoms with Crippen LogP contribution in [0.1, 0.15) is 19.8 Å². The molecule has 0 bridgehead atoms. The molecular weight excluding hydrogens is 364 g/mol. The summed E-state index contributed by atoms with van der Waals surface area (Å²) in [5.41, 5.74) is 5.62. The fraction of sp³-hybridized carbons (Fsp3) is 0.438. The molecule has 3 aliphatic rings. The molecule has 2 heterocycles. The van der Waals surface area contributed by atoms with Gasteiger partial charge in [0.05, 0.1) is 11.4 Å². The van der Waals surface area contributed by atoms with E-state index in [2.05, 4.69) is 10.6 Å². The van der Waals surface area contributed by atoms with Crippen LogP contribution in [-0.2, 0) is 9.59 Å². The molecule has 2 fully saturated rings. The summed E-state index contributed by atoms with van der Waals surface area (Å²) in [5, 5.41) is 5.31. The van der Waals surface area contributed by atoms with Crippen LogP contribution in [-0.4, -0.2) is 41.6 Å². The van der Waals surface area contributed by atoms with E-state index in [1.807, 2.05) is 0 Å². The van der Waals surface area contributed by atoms with Crippen LogP contribution in [0.15, 0.2) is 12.1 Å². The van der Waals surface area contributed by atoms with Crippen LogP contribution in [0, 0.1) is 5.92 Å². The second kappa shape index (κ2) is 6.24. The number of rotatable bonds is 4. The lowest BCUT2D eigenvalue weighted by Crippen LogP contribution is -2.46. The van der Waals surface area contributed by atoms with Gasteiger partial charge in [-0.25, -0.2) is 4.79 Å². The molecule has 1 saturated heterocycles. The van der Waals surface area contributed by atoms with Crippen LogP contribution in [0.4, 0.5) is 16.2 Å². The molecule has 4 amide bonds. The molecule has 0 aromatic heterocycles. The number of urea groups is 1. The molecular formula is C16H19ClN4O5. The second-order valence-corrected chi connectivity index (χ2v) is 6.64. The molecule has 26 heavy (non-hydrogen) atoms. The highest BCUT2D eigenvalue weighted by molar-refractivity contribution is 6.10. The highest BCUT2D eigenvalue weighted by Gasteiger charge is 2.56. The average molecular weight is 383 g/mol. The third-order valence-corrected chi connectivity index (χ3v) is 4.82. The lowest BCUT2D eigenvalue weighted by Gasteiger charge is -2.20. The minimum atomic E-state index is -0.908. The standard InChI is InChI=1S/C16H18N4O5.ClH/c1-16(8-2-3-8)14(22)20(15(23)19-16)6-13(21)18-10-5-12-11(4-9(10)17)24-7-25-12;/h4-5,8H,2-3,6-7,17H2,1H3,(H,18,21)(H,19,23);1H. The summed E-state index contributed by atoms with van der Waals surface area (Å²) < 4.78 is 10.5. The number of ether oxygens (including phenoxy) is 2. The SMILES string of the molecule is CC1(C2CC2)NC(=O)N(CC(=O)Nc2cc3c(cc2N)OCO3)C1=O.Cl. The van der Waals surface area contributed by atoms with Crippen molar-refractivity contribution in [1.29, 1.82) is 0 Å². The van der Waals surface area contributed by atoms with Crippen LogP contribution in [0.25, 0.3) is 0 Å². The number of fused-ring (bicyclic) bond motifs is 1. The molecule has 1 aliphatic carbocycles. The van der Waals surface area contributed by atoms with Crippen LogP contribution >= 0.6 is 12.4 Å².